The SMILES string of the molecule is Oc1ccccc1-c1cc(Cl)c2cccnc2c1OC(O)O. The number of phenolic OH excluding ortho intramolecular Hbond substituents is 1. The van der Waals surface area contributed by atoms with E-state index in [-0.39, 0.29) is 11.5 Å². The summed E-state index contributed by atoms with van der Waals surface area (Å²) in [5.41, 5.74) is 1.25. The van der Waals surface area contributed by atoms with Crippen molar-refractivity contribution in [1.29, 1.82) is 0 Å². The van der Waals surface area contributed by atoms with Crippen LogP contribution in [-0.4, -0.2) is 26.8 Å². The van der Waals surface area contributed by atoms with Crippen LogP contribution in [0.5, 0.6) is 11.5 Å². The highest BCUT2D eigenvalue weighted by Crippen LogP contribution is 2.42. The third kappa shape index (κ3) is 2.57. The molecule has 0 saturated heterocycles. The first-order valence-electron chi connectivity index (χ1n) is 6.46. The third-order valence-corrected chi connectivity index (χ3v) is 3.53. The third-order valence-electron chi connectivity index (χ3n) is 3.21. The van der Waals surface area contributed by atoms with Crippen molar-refractivity contribution in [2.24, 2.45) is 0 Å². The average molecular weight is 318 g/mol. The van der Waals surface area contributed by atoms with E-state index < -0.39 is 6.48 Å². The number of hydrogen-bond donors (Lipinski definition) is 3. The minimum absolute atomic E-state index is 0.0196. The van der Waals surface area contributed by atoms with E-state index in [1.54, 1.807) is 42.6 Å². The standard InChI is InChI=1S/C16H12ClNO4/c17-12-8-11(9-4-1-2-6-13(9)19)15(22-16(20)21)14-10(12)5-3-7-18-14/h1-8,16,19-21H. The summed E-state index contributed by atoms with van der Waals surface area (Å²) < 4.78 is 5.10. The van der Waals surface area contributed by atoms with Gasteiger partial charge in [0.15, 0.2) is 5.75 Å². The van der Waals surface area contributed by atoms with Crippen molar-refractivity contribution in [3.8, 4) is 22.6 Å². The van der Waals surface area contributed by atoms with Crippen molar-refractivity contribution >= 4 is 22.5 Å². The lowest BCUT2D eigenvalue weighted by Crippen LogP contribution is -2.14. The van der Waals surface area contributed by atoms with Crippen molar-refractivity contribution in [3.05, 3.63) is 53.7 Å². The zero-order chi connectivity index (χ0) is 15.7. The van der Waals surface area contributed by atoms with Gasteiger partial charge in [-0.3, -0.25) is 4.98 Å². The molecule has 3 aromatic rings. The molecule has 0 aliphatic heterocycles. The minimum atomic E-state index is -2.02. The van der Waals surface area contributed by atoms with E-state index in [0.29, 0.717) is 27.1 Å². The Morgan fingerprint density at radius 1 is 1.05 bits per heavy atom. The number of aromatic hydroxyl groups is 1. The molecule has 112 valence electrons. The summed E-state index contributed by atoms with van der Waals surface area (Å²) in [5, 5.41) is 29.4. The number of hydrogen-bond acceptors (Lipinski definition) is 5. The highest BCUT2D eigenvalue weighted by atomic mass is 35.5. The molecule has 3 rings (SSSR count). The normalized spacial score (nSPS) is 11.1. The van der Waals surface area contributed by atoms with Crippen LogP contribution in [0.25, 0.3) is 22.0 Å². The van der Waals surface area contributed by atoms with Gasteiger partial charge in [-0.05, 0) is 24.3 Å². The van der Waals surface area contributed by atoms with Crippen LogP contribution >= 0.6 is 11.6 Å². The Kier molecular flexibility index (Phi) is 3.85. The van der Waals surface area contributed by atoms with Gasteiger partial charge in [0.1, 0.15) is 11.3 Å². The van der Waals surface area contributed by atoms with Crippen LogP contribution in [0.1, 0.15) is 0 Å². The zero-order valence-corrected chi connectivity index (χ0v) is 12.0. The fraction of sp³-hybridized carbons (Fsp3) is 0.0625. The summed E-state index contributed by atoms with van der Waals surface area (Å²) in [7, 11) is 0. The molecule has 0 spiro atoms. The number of aliphatic hydroxyl groups excluding tert-OH is 1. The van der Waals surface area contributed by atoms with Gasteiger partial charge >= 0.3 is 6.48 Å². The maximum absolute atomic E-state index is 10.0. The average Bonchev–Trinajstić information content (AvgIpc) is 2.50. The molecule has 3 N–H and O–H groups in total. The molecule has 2 aromatic carbocycles. The molecule has 0 bridgehead atoms. The Morgan fingerprint density at radius 2 is 1.82 bits per heavy atom. The maximum Gasteiger partial charge on any atom is 0.310 e. The predicted molar refractivity (Wildman–Crippen MR) is 82.7 cm³/mol. The first kappa shape index (κ1) is 14.6. The predicted octanol–water partition coefficient (Wildman–Crippen LogP) is 2.91. The summed E-state index contributed by atoms with van der Waals surface area (Å²) in [6.45, 7) is -2.02. The number of fused-ring (bicyclic) bond motifs is 1. The van der Waals surface area contributed by atoms with E-state index >= 15 is 0 Å². The number of pyridine rings is 1. The molecular formula is C16H12ClNO4. The van der Waals surface area contributed by atoms with E-state index in [9.17, 15) is 15.3 Å². The molecule has 0 fully saturated rings. The van der Waals surface area contributed by atoms with Crippen LogP contribution in [0.3, 0.4) is 0 Å². The Bertz CT molecular complexity index is 835. The van der Waals surface area contributed by atoms with Crippen LogP contribution < -0.4 is 4.74 Å². The monoisotopic (exact) mass is 317 g/mol. The lowest BCUT2D eigenvalue weighted by molar-refractivity contribution is -0.178. The summed E-state index contributed by atoms with van der Waals surface area (Å²) in [5.74, 6) is 0.155. The Morgan fingerprint density at radius 3 is 2.55 bits per heavy atom. The van der Waals surface area contributed by atoms with Gasteiger partial charge in [-0.2, -0.15) is 0 Å². The number of ether oxygens (including phenoxy) is 1. The summed E-state index contributed by atoms with van der Waals surface area (Å²) in [4.78, 5) is 4.20. The topological polar surface area (TPSA) is 82.8 Å². The highest BCUT2D eigenvalue weighted by Gasteiger charge is 2.19. The van der Waals surface area contributed by atoms with Gasteiger partial charge in [-0.15, -0.1) is 0 Å². The molecule has 22 heavy (non-hydrogen) atoms. The van der Waals surface area contributed by atoms with Crippen molar-refractivity contribution < 1.29 is 20.1 Å². The highest BCUT2D eigenvalue weighted by molar-refractivity contribution is 6.36. The molecule has 5 nitrogen and oxygen atoms in total. The van der Waals surface area contributed by atoms with E-state index in [1.807, 2.05) is 0 Å². The molecule has 0 aliphatic rings. The second kappa shape index (κ2) is 5.81. The molecule has 6 heteroatoms. The van der Waals surface area contributed by atoms with Crippen molar-refractivity contribution in [1.82, 2.24) is 4.98 Å². The molecule has 0 aliphatic carbocycles. The van der Waals surface area contributed by atoms with E-state index in [2.05, 4.69) is 4.98 Å². The van der Waals surface area contributed by atoms with Gasteiger partial charge in [0.2, 0.25) is 0 Å². The van der Waals surface area contributed by atoms with Crippen LogP contribution in [0, 0.1) is 0 Å². The first-order chi connectivity index (χ1) is 10.6. The zero-order valence-electron chi connectivity index (χ0n) is 11.3. The van der Waals surface area contributed by atoms with E-state index in [0.717, 1.165) is 0 Å². The number of nitrogens with zero attached hydrogens (tertiary/aromatic N) is 1. The second-order valence-corrected chi connectivity index (χ2v) is 5.00. The largest absolute Gasteiger partial charge is 0.507 e. The van der Waals surface area contributed by atoms with Crippen LogP contribution in [0.15, 0.2) is 48.7 Å². The number of phenols is 1. The molecule has 0 radical (unpaired) electrons. The van der Waals surface area contributed by atoms with Gasteiger partial charge in [-0.1, -0.05) is 29.8 Å². The second-order valence-electron chi connectivity index (χ2n) is 4.60. The number of benzene rings is 2. The Labute approximate surface area is 131 Å². The van der Waals surface area contributed by atoms with Crippen molar-refractivity contribution in [3.63, 3.8) is 0 Å². The van der Waals surface area contributed by atoms with Crippen LogP contribution in [0.4, 0.5) is 0 Å². The Balaban J connectivity index is 2.36. The summed E-state index contributed by atoms with van der Waals surface area (Å²) in [6.07, 6.45) is 1.55. The summed E-state index contributed by atoms with van der Waals surface area (Å²) in [6, 6.07) is 11.7. The Hall–Kier alpha value is -2.34. The van der Waals surface area contributed by atoms with E-state index in [4.69, 9.17) is 16.3 Å². The molecule has 0 unspecified atom stereocenters. The van der Waals surface area contributed by atoms with Gasteiger partial charge in [0.25, 0.3) is 0 Å². The number of para-hydroxylation sites is 1. The van der Waals surface area contributed by atoms with Crippen molar-refractivity contribution in [2.45, 2.75) is 6.48 Å². The number of halogens is 1. The number of aliphatic hydroxyl groups is 2. The molecule has 1 aromatic heterocycles. The quantitative estimate of drug-likeness (QED) is 0.647. The minimum Gasteiger partial charge on any atom is -0.507 e. The van der Waals surface area contributed by atoms with Gasteiger partial charge < -0.3 is 20.1 Å². The van der Waals surface area contributed by atoms with Gasteiger partial charge in [0.05, 0.1) is 5.02 Å². The van der Waals surface area contributed by atoms with E-state index in [1.165, 1.54) is 6.07 Å². The van der Waals surface area contributed by atoms with Crippen LogP contribution in [-0.2, 0) is 0 Å². The fourth-order valence-corrected chi connectivity index (χ4v) is 2.56. The van der Waals surface area contributed by atoms with Gasteiger partial charge in [0, 0.05) is 22.7 Å². The lowest BCUT2D eigenvalue weighted by Gasteiger charge is -2.16. The number of aromatic nitrogens is 1. The fourth-order valence-electron chi connectivity index (χ4n) is 2.30. The molecule has 0 atom stereocenters. The maximum atomic E-state index is 10.0. The molecular weight excluding hydrogens is 306 g/mol. The van der Waals surface area contributed by atoms with Crippen molar-refractivity contribution in [2.75, 3.05) is 0 Å². The smallest absolute Gasteiger partial charge is 0.310 e. The lowest BCUT2D eigenvalue weighted by atomic mass is 10.0. The molecule has 0 amide bonds. The molecule has 0 saturated carbocycles. The summed E-state index contributed by atoms with van der Waals surface area (Å²) >= 11 is 6.27. The first-order valence-corrected chi connectivity index (χ1v) is 6.84. The van der Waals surface area contributed by atoms with Gasteiger partial charge in [-0.25, -0.2) is 0 Å². The number of rotatable bonds is 3. The molecule has 1 heterocycles. The van der Waals surface area contributed by atoms with Crippen LogP contribution in [0.2, 0.25) is 5.02 Å².